The zero-order valence-corrected chi connectivity index (χ0v) is 22.3. The van der Waals surface area contributed by atoms with Crippen LogP contribution in [0.25, 0.3) is 0 Å². The topological polar surface area (TPSA) is 103 Å². The zero-order valence-electron chi connectivity index (χ0n) is 20.7. The molecule has 0 radical (unpaired) electrons. The van der Waals surface area contributed by atoms with Gasteiger partial charge in [0.25, 0.3) is 5.91 Å². The van der Waals surface area contributed by atoms with Gasteiger partial charge in [-0.3, -0.25) is 9.59 Å². The number of carbonyl (C=O) groups excluding carboxylic acids is 2. The number of nitrogens with zero attached hydrogens (tertiary/aromatic N) is 1. The van der Waals surface area contributed by atoms with Crippen LogP contribution in [0.4, 0.5) is 11.4 Å². The van der Waals surface area contributed by atoms with Gasteiger partial charge >= 0.3 is 0 Å². The first-order valence-electron chi connectivity index (χ1n) is 11.7. The van der Waals surface area contributed by atoms with Crippen molar-refractivity contribution in [1.82, 2.24) is 5.32 Å². The van der Waals surface area contributed by atoms with Gasteiger partial charge in [0.1, 0.15) is 5.75 Å². The molecule has 1 heterocycles. The lowest BCUT2D eigenvalue weighted by Crippen LogP contribution is -2.31. The molecule has 9 heteroatoms. The van der Waals surface area contributed by atoms with Crippen LogP contribution in [0, 0.1) is 11.3 Å². The number of methoxy groups -OCH3 is 1. The molecule has 0 saturated heterocycles. The minimum atomic E-state index is -0.629. The van der Waals surface area contributed by atoms with Gasteiger partial charge < -0.3 is 20.7 Å². The number of halogens is 1. The van der Waals surface area contributed by atoms with Crippen molar-refractivity contribution < 1.29 is 14.3 Å². The predicted octanol–water partition coefficient (Wildman–Crippen LogP) is 6.06. The third-order valence-corrected chi connectivity index (χ3v) is 7.09. The summed E-state index contributed by atoms with van der Waals surface area (Å²) in [6.45, 7) is 1.79. The highest BCUT2D eigenvalue weighted by Crippen LogP contribution is 2.41. The first kappa shape index (κ1) is 26.9. The fraction of sp³-hybridized carbons (Fsp3) is 0.138. The van der Waals surface area contributed by atoms with Gasteiger partial charge in [-0.2, -0.15) is 5.26 Å². The van der Waals surface area contributed by atoms with Crippen LogP contribution in [0.1, 0.15) is 18.4 Å². The Kier molecular flexibility index (Phi) is 8.74. The SMILES string of the molecule is COc1ccccc1NC(=O)C1=C(C)NC(SCC(=O)Nc2cccc(Cl)c2)=C(C#N)[C@@H]1c1ccccc1. The van der Waals surface area contributed by atoms with Crippen molar-refractivity contribution in [3.63, 3.8) is 0 Å². The zero-order chi connectivity index (χ0) is 27.1. The summed E-state index contributed by atoms with van der Waals surface area (Å²) in [5, 5.41) is 20.2. The molecule has 38 heavy (non-hydrogen) atoms. The quantitative estimate of drug-likeness (QED) is 0.319. The highest BCUT2D eigenvalue weighted by atomic mass is 35.5. The number of ether oxygens (including phenoxy) is 1. The maximum Gasteiger partial charge on any atom is 0.254 e. The average Bonchev–Trinajstić information content (AvgIpc) is 2.92. The molecule has 0 saturated carbocycles. The molecule has 3 aromatic rings. The number of dihydropyridines is 1. The Morgan fingerprint density at radius 2 is 1.79 bits per heavy atom. The van der Waals surface area contributed by atoms with E-state index in [1.807, 2.05) is 36.4 Å². The van der Waals surface area contributed by atoms with Crippen LogP contribution < -0.4 is 20.7 Å². The number of allylic oxidation sites excluding steroid dienone is 2. The summed E-state index contributed by atoms with van der Waals surface area (Å²) in [5.74, 6) is -0.657. The highest BCUT2D eigenvalue weighted by Gasteiger charge is 2.35. The van der Waals surface area contributed by atoms with Gasteiger partial charge in [-0.05, 0) is 42.8 Å². The normalized spacial score (nSPS) is 14.8. The Bertz CT molecular complexity index is 1460. The molecule has 192 valence electrons. The number of hydrogen-bond acceptors (Lipinski definition) is 6. The van der Waals surface area contributed by atoms with Crippen LogP contribution in [0.15, 0.2) is 101 Å². The van der Waals surface area contributed by atoms with E-state index in [-0.39, 0.29) is 17.6 Å². The summed E-state index contributed by atoms with van der Waals surface area (Å²) in [4.78, 5) is 26.3. The Morgan fingerprint density at radius 1 is 1.05 bits per heavy atom. The fourth-order valence-electron chi connectivity index (χ4n) is 4.14. The molecule has 0 spiro atoms. The number of thioether (sulfide) groups is 1. The van der Waals surface area contributed by atoms with Gasteiger partial charge in [-0.25, -0.2) is 0 Å². The van der Waals surface area contributed by atoms with E-state index in [9.17, 15) is 14.9 Å². The maximum atomic E-state index is 13.6. The molecule has 1 aliphatic rings. The molecular weight excluding hydrogens is 520 g/mol. The maximum absolute atomic E-state index is 13.6. The summed E-state index contributed by atoms with van der Waals surface area (Å²) in [7, 11) is 1.53. The van der Waals surface area contributed by atoms with Crippen LogP contribution in [0.2, 0.25) is 5.02 Å². The number of rotatable bonds is 8. The molecular formula is C29H25ClN4O3S. The van der Waals surface area contributed by atoms with Gasteiger partial charge in [0.2, 0.25) is 5.91 Å². The Morgan fingerprint density at radius 3 is 2.50 bits per heavy atom. The lowest BCUT2D eigenvalue weighted by Gasteiger charge is -2.30. The van der Waals surface area contributed by atoms with Crippen LogP contribution in [-0.2, 0) is 9.59 Å². The molecule has 2 amide bonds. The predicted molar refractivity (Wildman–Crippen MR) is 152 cm³/mol. The van der Waals surface area contributed by atoms with Crippen molar-refractivity contribution in [2.45, 2.75) is 12.8 Å². The largest absolute Gasteiger partial charge is 0.495 e. The lowest BCUT2D eigenvalue weighted by molar-refractivity contribution is -0.114. The number of amides is 2. The molecule has 1 aliphatic heterocycles. The van der Waals surface area contributed by atoms with Crippen LogP contribution in [0.5, 0.6) is 5.75 Å². The number of carbonyl (C=O) groups is 2. The molecule has 0 bridgehead atoms. The van der Waals surface area contributed by atoms with Crippen LogP contribution in [-0.4, -0.2) is 24.7 Å². The van der Waals surface area contributed by atoms with E-state index in [1.54, 1.807) is 49.4 Å². The second-order valence-electron chi connectivity index (χ2n) is 8.36. The summed E-state index contributed by atoms with van der Waals surface area (Å²) in [5.41, 5.74) is 3.24. The van der Waals surface area contributed by atoms with Crippen molar-refractivity contribution in [1.29, 1.82) is 5.26 Å². The van der Waals surface area contributed by atoms with Crippen molar-refractivity contribution in [3.05, 3.63) is 111 Å². The summed E-state index contributed by atoms with van der Waals surface area (Å²) in [6.07, 6.45) is 0. The summed E-state index contributed by atoms with van der Waals surface area (Å²) >= 11 is 7.21. The highest BCUT2D eigenvalue weighted by molar-refractivity contribution is 8.03. The van der Waals surface area contributed by atoms with Gasteiger partial charge in [0, 0.05) is 22.0 Å². The second-order valence-corrected chi connectivity index (χ2v) is 9.79. The molecule has 3 N–H and O–H groups in total. The van der Waals surface area contributed by atoms with E-state index in [0.29, 0.717) is 44.0 Å². The van der Waals surface area contributed by atoms with Gasteiger partial charge in [0.15, 0.2) is 0 Å². The van der Waals surface area contributed by atoms with E-state index in [4.69, 9.17) is 16.3 Å². The van der Waals surface area contributed by atoms with Gasteiger partial charge in [-0.15, -0.1) is 0 Å². The van der Waals surface area contributed by atoms with Crippen molar-refractivity contribution in [3.8, 4) is 11.8 Å². The molecule has 4 rings (SSSR count). The van der Waals surface area contributed by atoms with Crippen LogP contribution >= 0.6 is 23.4 Å². The molecule has 0 aromatic heterocycles. The van der Waals surface area contributed by atoms with E-state index >= 15 is 0 Å². The molecule has 1 atom stereocenters. The van der Waals surface area contributed by atoms with Crippen molar-refractivity contribution >= 4 is 46.6 Å². The number of hydrogen-bond donors (Lipinski definition) is 3. The van der Waals surface area contributed by atoms with Crippen molar-refractivity contribution in [2.24, 2.45) is 0 Å². The minimum Gasteiger partial charge on any atom is -0.495 e. The van der Waals surface area contributed by atoms with Crippen LogP contribution in [0.3, 0.4) is 0 Å². The van der Waals surface area contributed by atoms with E-state index in [2.05, 4.69) is 22.0 Å². The summed E-state index contributed by atoms with van der Waals surface area (Å²) in [6, 6.07) is 25.7. The van der Waals surface area contributed by atoms with Crippen molar-refractivity contribution in [2.75, 3.05) is 23.5 Å². The standard InChI is InChI=1S/C29H25ClN4O3S/c1-18-26(28(36)34-23-13-6-7-14-24(23)37-2)27(19-9-4-3-5-10-19)22(16-31)29(32-18)38-17-25(35)33-21-12-8-11-20(30)15-21/h3-15,27,32H,17H2,1-2H3,(H,33,35)(H,34,36)/t27-/m0/s1. The molecule has 0 fully saturated rings. The number of nitrogens with one attached hydrogen (secondary N) is 3. The molecule has 0 unspecified atom stereocenters. The number of benzene rings is 3. The minimum absolute atomic E-state index is 0.0531. The van der Waals surface area contributed by atoms with Gasteiger partial charge in [0.05, 0.1) is 41.1 Å². The van der Waals surface area contributed by atoms with E-state index < -0.39 is 5.92 Å². The van der Waals surface area contributed by atoms with Gasteiger partial charge in [-0.1, -0.05) is 71.9 Å². The number of nitriles is 1. The average molecular weight is 545 g/mol. The van der Waals surface area contributed by atoms with E-state index in [1.165, 1.54) is 18.9 Å². The first-order chi connectivity index (χ1) is 18.4. The lowest BCUT2D eigenvalue weighted by atomic mass is 9.82. The Hall–Kier alpha value is -4.19. The Balaban J connectivity index is 1.62. The van der Waals surface area contributed by atoms with E-state index in [0.717, 1.165) is 5.56 Å². The third-order valence-electron chi connectivity index (χ3n) is 5.84. The molecule has 0 aliphatic carbocycles. The molecule has 3 aromatic carbocycles. The molecule has 7 nitrogen and oxygen atoms in total. The monoisotopic (exact) mass is 544 g/mol. The summed E-state index contributed by atoms with van der Waals surface area (Å²) < 4.78 is 5.38. The first-order valence-corrected chi connectivity index (χ1v) is 13.1. The Labute approximate surface area is 230 Å². The third kappa shape index (κ3) is 6.20. The number of para-hydroxylation sites is 2. The second kappa shape index (κ2) is 12.4. The number of anilines is 2. The smallest absolute Gasteiger partial charge is 0.254 e. The fourth-order valence-corrected chi connectivity index (χ4v) is 5.23.